The van der Waals surface area contributed by atoms with Gasteiger partial charge in [-0.05, 0) is 18.1 Å². The Morgan fingerprint density at radius 2 is 2.12 bits per heavy atom. The predicted octanol–water partition coefficient (Wildman–Crippen LogP) is 0.991. The topological polar surface area (TPSA) is 91.5 Å². The number of nitrogens with one attached hydrogen (secondary N) is 2. The third-order valence-corrected chi connectivity index (χ3v) is 4.52. The lowest BCUT2D eigenvalue weighted by Crippen LogP contribution is -2.57. The molecule has 2 amide bonds. The molecule has 0 aliphatic carbocycles. The molecule has 1 aliphatic heterocycles. The van der Waals surface area contributed by atoms with Crippen LogP contribution in [0.1, 0.15) is 18.4 Å². The average Bonchev–Trinajstić information content (AvgIpc) is 3.04. The van der Waals surface area contributed by atoms with E-state index in [4.69, 9.17) is 0 Å². The number of aromatic nitrogens is 1. The third-order valence-electron chi connectivity index (χ3n) is 4.52. The molecule has 1 aliphatic rings. The number of para-hydroxylation sites is 1. The van der Waals surface area contributed by atoms with Crippen LogP contribution in [0.25, 0.3) is 10.9 Å². The first-order valence-corrected chi connectivity index (χ1v) is 8.29. The van der Waals surface area contributed by atoms with E-state index in [1.165, 1.54) is 12.0 Å². The summed E-state index contributed by atoms with van der Waals surface area (Å²) >= 11 is 0. The Balaban J connectivity index is 1.68. The van der Waals surface area contributed by atoms with Gasteiger partial charge in [0.2, 0.25) is 11.8 Å². The van der Waals surface area contributed by atoms with Crippen LogP contribution in [0.2, 0.25) is 0 Å². The van der Waals surface area contributed by atoms with Gasteiger partial charge in [0.15, 0.2) is 0 Å². The van der Waals surface area contributed by atoms with Crippen molar-refractivity contribution in [1.29, 1.82) is 0 Å². The normalized spacial score (nSPS) is 17.4. The Labute approximate surface area is 145 Å². The molecule has 1 fully saturated rings. The number of benzene rings is 1. The summed E-state index contributed by atoms with van der Waals surface area (Å²) in [5.74, 6) is -0.942. The number of esters is 1. The molecule has 0 unspecified atom stereocenters. The molecule has 25 heavy (non-hydrogen) atoms. The maximum Gasteiger partial charge on any atom is 0.308 e. The smallest absolute Gasteiger partial charge is 0.308 e. The summed E-state index contributed by atoms with van der Waals surface area (Å²) in [7, 11) is 1.27. The molecule has 7 heteroatoms. The highest BCUT2D eigenvalue weighted by atomic mass is 16.5. The first-order valence-electron chi connectivity index (χ1n) is 8.29. The van der Waals surface area contributed by atoms with Gasteiger partial charge in [-0.15, -0.1) is 0 Å². The number of ether oxygens (including phenoxy) is 1. The molecule has 1 aromatic carbocycles. The number of carbonyl (C=O) groups excluding carboxylic acids is 3. The van der Waals surface area contributed by atoms with E-state index in [9.17, 15) is 14.4 Å². The first-order chi connectivity index (χ1) is 12.1. The van der Waals surface area contributed by atoms with Crippen molar-refractivity contribution in [2.45, 2.75) is 25.3 Å². The summed E-state index contributed by atoms with van der Waals surface area (Å²) in [5, 5.41) is 3.79. The molecular weight excluding hydrogens is 322 g/mol. The van der Waals surface area contributed by atoms with Gasteiger partial charge >= 0.3 is 5.97 Å². The van der Waals surface area contributed by atoms with E-state index in [2.05, 4.69) is 15.0 Å². The van der Waals surface area contributed by atoms with Crippen molar-refractivity contribution < 1.29 is 19.1 Å². The summed E-state index contributed by atoms with van der Waals surface area (Å²) in [6.07, 6.45) is 2.65. The van der Waals surface area contributed by atoms with Gasteiger partial charge in [0, 0.05) is 36.6 Å². The summed E-state index contributed by atoms with van der Waals surface area (Å²) in [6.45, 7) is 0.801. The molecule has 132 valence electrons. The molecule has 1 atom stereocenters. The van der Waals surface area contributed by atoms with E-state index in [0.717, 1.165) is 16.5 Å². The maximum atomic E-state index is 12.6. The van der Waals surface area contributed by atoms with Crippen LogP contribution in [0.5, 0.6) is 0 Å². The number of H-pyrrole nitrogens is 1. The molecule has 1 saturated heterocycles. The van der Waals surface area contributed by atoms with E-state index in [-0.39, 0.29) is 24.7 Å². The van der Waals surface area contributed by atoms with E-state index in [0.29, 0.717) is 19.5 Å². The van der Waals surface area contributed by atoms with Crippen LogP contribution in [0.15, 0.2) is 30.5 Å². The van der Waals surface area contributed by atoms with Crippen LogP contribution in [0.4, 0.5) is 0 Å². The molecule has 0 bridgehead atoms. The first kappa shape index (κ1) is 17.0. The van der Waals surface area contributed by atoms with Crippen molar-refractivity contribution >= 4 is 28.7 Å². The van der Waals surface area contributed by atoms with Crippen molar-refractivity contribution in [3.05, 3.63) is 36.0 Å². The second kappa shape index (κ2) is 7.38. The number of hydrogen-bond acceptors (Lipinski definition) is 4. The molecular formula is C18H21N3O4. The quantitative estimate of drug-likeness (QED) is 0.792. The number of fused-ring (bicyclic) bond motifs is 1. The van der Waals surface area contributed by atoms with Gasteiger partial charge < -0.3 is 19.9 Å². The molecule has 2 aromatic rings. The number of methoxy groups -OCH3 is 1. The Morgan fingerprint density at radius 3 is 2.92 bits per heavy atom. The molecule has 1 aromatic heterocycles. The molecule has 0 saturated carbocycles. The van der Waals surface area contributed by atoms with Crippen LogP contribution in [-0.4, -0.2) is 53.9 Å². The van der Waals surface area contributed by atoms with Crippen LogP contribution in [0, 0.1) is 0 Å². The highest BCUT2D eigenvalue weighted by molar-refractivity contribution is 5.92. The highest BCUT2D eigenvalue weighted by Crippen LogP contribution is 2.20. The van der Waals surface area contributed by atoms with Crippen LogP contribution >= 0.6 is 0 Å². The lowest BCUT2D eigenvalue weighted by molar-refractivity contribution is -0.150. The molecule has 0 spiro atoms. The van der Waals surface area contributed by atoms with Gasteiger partial charge in [-0.1, -0.05) is 18.2 Å². The minimum absolute atomic E-state index is 0.124. The van der Waals surface area contributed by atoms with Crippen LogP contribution in [0.3, 0.4) is 0 Å². The van der Waals surface area contributed by atoms with Gasteiger partial charge in [-0.3, -0.25) is 14.4 Å². The number of amides is 2. The van der Waals surface area contributed by atoms with Crippen LogP contribution < -0.4 is 5.32 Å². The molecule has 7 nitrogen and oxygen atoms in total. The number of aryl methyl sites for hydroxylation is 1. The number of aromatic amines is 1. The fourth-order valence-corrected chi connectivity index (χ4v) is 3.18. The largest absolute Gasteiger partial charge is 0.469 e. The predicted molar refractivity (Wildman–Crippen MR) is 91.8 cm³/mol. The minimum Gasteiger partial charge on any atom is -0.469 e. The molecule has 3 rings (SSSR count). The number of nitrogens with zero attached hydrogens (tertiary/aromatic N) is 1. The van der Waals surface area contributed by atoms with E-state index >= 15 is 0 Å². The van der Waals surface area contributed by atoms with Crippen molar-refractivity contribution in [3.8, 4) is 0 Å². The SMILES string of the molecule is COC(=O)C[C@@H]1C(=O)NCCN1C(=O)CCc1c[nH]c2ccccc12. The highest BCUT2D eigenvalue weighted by Gasteiger charge is 2.34. The summed E-state index contributed by atoms with van der Waals surface area (Å²) in [6, 6.07) is 7.12. The molecule has 0 radical (unpaired) electrons. The van der Waals surface area contributed by atoms with E-state index in [1.54, 1.807) is 0 Å². The summed E-state index contributed by atoms with van der Waals surface area (Å²) in [4.78, 5) is 40.9. The zero-order chi connectivity index (χ0) is 17.8. The second-order valence-electron chi connectivity index (χ2n) is 6.03. The fourth-order valence-electron chi connectivity index (χ4n) is 3.18. The number of carbonyl (C=O) groups is 3. The van der Waals surface area contributed by atoms with Gasteiger partial charge in [0.1, 0.15) is 6.04 Å². The average molecular weight is 343 g/mol. The van der Waals surface area contributed by atoms with Crippen molar-refractivity contribution in [2.75, 3.05) is 20.2 Å². The monoisotopic (exact) mass is 343 g/mol. The third kappa shape index (κ3) is 3.65. The van der Waals surface area contributed by atoms with Crippen molar-refractivity contribution in [2.24, 2.45) is 0 Å². The van der Waals surface area contributed by atoms with Crippen molar-refractivity contribution in [1.82, 2.24) is 15.2 Å². The van der Waals surface area contributed by atoms with Gasteiger partial charge in [0.05, 0.1) is 13.5 Å². The Hall–Kier alpha value is -2.83. The number of piperazine rings is 1. The lowest BCUT2D eigenvalue weighted by atomic mass is 10.1. The Morgan fingerprint density at radius 1 is 1.32 bits per heavy atom. The zero-order valence-electron chi connectivity index (χ0n) is 14.1. The van der Waals surface area contributed by atoms with Gasteiger partial charge in [-0.25, -0.2) is 0 Å². The van der Waals surface area contributed by atoms with E-state index < -0.39 is 12.0 Å². The standard InChI is InChI=1S/C18H21N3O4/c1-25-17(23)10-15-18(24)19-8-9-21(15)16(22)7-6-12-11-20-14-5-3-2-4-13(12)14/h2-5,11,15,20H,6-10H2,1H3,(H,19,24)/t15-/m1/s1. The second-order valence-corrected chi connectivity index (χ2v) is 6.03. The van der Waals surface area contributed by atoms with Crippen molar-refractivity contribution in [3.63, 3.8) is 0 Å². The fraction of sp³-hybridized carbons (Fsp3) is 0.389. The van der Waals surface area contributed by atoms with Crippen LogP contribution in [-0.2, 0) is 25.5 Å². The molecule has 2 N–H and O–H groups in total. The number of hydrogen-bond donors (Lipinski definition) is 2. The Kier molecular flexibility index (Phi) is 5.02. The lowest BCUT2D eigenvalue weighted by Gasteiger charge is -2.34. The summed E-state index contributed by atoms with van der Waals surface area (Å²) in [5.41, 5.74) is 2.10. The van der Waals surface area contributed by atoms with Gasteiger partial charge in [0.25, 0.3) is 0 Å². The summed E-state index contributed by atoms with van der Waals surface area (Å²) < 4.78 is 4.64. The van der Waals surface area contributed by atoms with Gasteiger partial charge in [-0.2, -0.15) is 0 Å². The number of rotatable bonds is 5. The zero-order valence-corrected chi connectivity index (χ0v) is 14.1. The molecule has 2 heterocycles. The minimum atomic E-state index is -0.795. The maximum absolute atomic E-state index is 12.6. The Bertz CT molecular complexity index is 798. The van der Waals surface area contributed by atoms with E-state index in [1.807, 2.05) is 30.5 Å².